The fourth-order valence-corrected chi connectivity index (χ4v) is 1.99. The van der Waals surface area contributed by atoms with Gasteiger partial charge in [0.05, 0.1) is 7.11 Å². The van der Waals surface area contributed by atoms with Gasteiger partial charge in [0.15, 0.2) is 0 Å². The molecule has 1 N–H and O–H groups in total. The molecule has 0 aromatic heterocycles. The third-order valence-electron chi connectivity index (χ3n) is 3.08. The van der Waals surface area contributed by atoms with Gasteiger partial charge in [-0.1, -0.05) is 42.5 Å². The van der Waals surface area contributed by atoms with Crippen LogP contribution in [-0.2, 0) is 13.1 Å². The zero-order valence-corrected chi connectivity index (χ0v) is 13.1. The van der Waals surface area contributed by atoms with Gasteiger partial charge in [0.2, 0.25) is 0 Å². The van der Waals surface area contributed by atoms with Gasteiger partial charge >= 0.3 is 0 Å². The van der Waals surface area contributed by atoms with E-state index in [2.05, 4.69) is 42.6 Å². The Morgan fingerprint density at radius 1 is 0.895 bits per heavy atom. The molecule has 0 radical (unpaired) electrons. The summed E-state index contributed by atoms with van der Waals surface area (Å²) in [4.78, 5) is 0. The standard InChI is InChI=1S/C16H19NO.BrH/c1-13-7-3-4-8-14(13)11-17-12-15-9-5-6-10-16(15)18-2;/h3-10,17H,11-12H2,1-2H3;1H. The molecule has 0 saturated heterocycles. The van der Waals surface area contributed by atoms with E-state index in [1.165, 1.54) is 16.7 Å². The molecule has 102 valence electrons. The fourth-order valence-electron chi connectivity index (χ4n) is 1.99. The number of methoxy groups -OCH3 is 1. The van der Waals surface area contributed by atoms with E-state index in [1.54, 1.807) is 7.11 Å². The van der Waals surface area contributed by atoms with E-state index in [4.69, 9.17) is 4.74 Å². The first kappa shape index (κ1) is 15.7. The van der Waals surface area contributed by atoms with E-state index in [9.17, 15) is 0 Å². The zero-order chi connectivity index (χ0) is 12.8. The molecule has 0 bridgehead atoms. The van der Waals surface area contributed by atoms with Crippen molar-refractivity contribution in [1.82, 2.24) is 5.32 Å². The molecule has 3 heteroatoms. The molecule has 0 heterocycles. The minimum Gasteiger partial charge on any atom is -0.496 e. The minimum atomic E-state index is 0. The molecule has 2 aromatic rings. The second kappa shape index (κ2) is 7.97. The molecule has 19 heavy (non-hydrogen) atoms. The quantitative estimate of drug-likeness (QED) is 0.902. The van der Waals surface area contributed by atoms with Crippen molar-refractivity contribution in [3.63, 3.8) is 0 Å². The molecule has 2 rings (SSSR count). The van der Waals surface area contributed by atoms with Crippen molar-refractivity contribution in [3.05, 3.63) is 65.2 Å². The summed E-state index contributed by atoms with van der Waals surface area (Å²) < 4.78 is 5.33. The maximum absolute atomic E-state index is 5.33. The van der Waals surface area contributed by atoms with Crippen LogP contribution in [0.3, 0.4) is 0 Å². The average Bonchev–Trinajstić information content (AvgIpc) is 2.41. The van der Waals surface area contributed by atoms with E-state index in [-0.39, 0.29) is 17.0 Å². The summed E-state index contributed by atoms with van der Waals surface area (Å²) in [6, 6.07) is 16.5. The highest BCUT2D eigenvalue weighted by Crippen LogP contribution is 2.17. The van der Waals surface area contributed by atoms with E-state index in [0.29, 0.717) is 0 Å². The zero-order valence-electron chi connectivity index (χ0n) is 11.3. The van der Waals surface area contributed by atoms with Crippen molar-refractivity contribution in [2.75, 3.05) is 7.11 Å². The highest BCUT2D eigenvalue weighted by atomic mass is 79.9. The molecule has 2 aromatic carbocycles. The summed E-state index contributed by atoms with van der Waals surface area (Å²) in [5.74, 6) is 0.940. The van der Waals surface area contributed by atoms with Gasteiger partial charge in [-0.15, -0.1) is 17.0 Å². The van der Waals surface area contributed by atoms with Crippen LogP contribution in [-0.4, -0.2) is 7.11 Å². The average molecular weight is 322 g/mol. The normalized spacial score (nSPS) is 9.79. The molecule has 0 saturated carbocycles. The third kappa shape index (κ3) is 4.37. The summed E-state index contributed by atoms with van der Waals surface area (Å²) in [6.45, 7) is 3.84. The number of ether oxygens (including phenoxy) is 1. The Morgan fingerprint density at radius 2 is 1.47 bits per heavy atom. The molecular formula is C16H20BrNO. The Balaban J connectivity index is 0.00000180. The molecule has 0 amide bonds. The summed E-state index contributed by atoms with van der Waals surface area (Å²) in [6.07, 6.45) is 0. The van der Waals surface area contributed by atoms with Gasteiger partial charge in [-0.05, 0) is 24.1 Å². The molecule has 0 aliphatic carbocycles. The lowest BCUT2D eigenvalue weighted by molar-refractivity contribution is 0.407. The number of aryl methyl sites for hydroxylation is 1. The Morgan fingerprint density at radius 3 is 2.16 bits per heavy atom. The molecule has 0 spiro atoms. The number of nitrogens with one attached hydrogen (secondary N) is 1. The first-order chi connectivity index (χ1) is 8.81. The molecule has 0 atom stereocenters. The predicted molar refractivity (Wildman–Crippen MR) is 85.0 cm³/mol. The van der Waals surface area contributed by atoms with Crippen LogP contribution in [0.2, 0.25) is 0 Å². The van der Waals surface area contributed by atoms with Gasteiger partial charge in [0.1, 0.15) is 5.75 Å². The SMILES string of the molecule is Br.COc1ccccc1CNCc1ccccc1C. The molecule has 2 nitrogen and oxygen atoms in total. The highest BCUT2D eigenvalue weighted by Gasteiger charge is 2.01. The highest BCUT2D eigenvalue weighted by molar-refractivity contribution is 8.93. The Hall–Kier alpha value is -1.32. The smallest absolute Gasteiger partial charge is 0.123 e. The van der Waals surface area contributed by atoms with E-state index in [1.807, 2.05) is 18.2 Å². The Labute approximate surface area is 125 Å². The van der Waals surface area contributed by atoms with Crippen molar-refractivity contribution in [1.29, 1.82) is 0 Å². The van der Waals surface area contributed by atoms with E-state index >= 15 is 0 Å². The molecule has 0 unspecified atom stereocenters. The maximum Gasteiger partial charge on any atom is 0.123 e. The first-order valence-corrected chi connectivity index (χ1v) is 6.18. The van der Waals surface area contributed by atoms with Gasteiger partial charge in [0.25, 0.3) is 0 Å². The molecule has 0 aliphatic rings. The lowest BCUT2D eigenvalue weighted by atomic mass is 10.1. The van der Waals surface area contributed by atoms with Gasteiger partial charge in [0, 0.05) is 18.7 Å². The summed E-state index contributed by atoms with van der Waals surface area (Å²) in [5.41, 5.74) is 3.85. The predicted octanol–water partition coefficient (Wildman–Crippen LogP) is 3.87. The minimum absolute atomic E-state index is 0. The second-order valence-corrected chi connectivity index (χ2v) is 4.34. The maximum atomic E-state index is 5.33. The third-order valence-corrected chi connectivity index (χ3v) is 3.08. The van der Waals surface area contributed by atoms with Crippen molar-refractivity contribution in [2.45, 2.75) is 20.0 Å². The van der Waals surface area contributed by atoms with Crippen molar-refractivity contribution in [2.24, 2.45) is 0 Å². The van der Waals surface area contributed by atoms with Gasteiger partial charge in [-0.25, -0.2) is 0 Å². The summed E-state index contributed by atoms with van der Waals surface area (Å²) in [5, 5.41) is 3.45. The van der Waals surface area contributed by atoms with Gasteiger partial charge < -0.3 is 10.1 Å². The largest absolute Gasteiger partial charge is 0.496 e. The fraction of sp³-hybridized carbons (Fsp3) is 0.250. The monoisotopic (exact) mass is 321 g/mol. The molecule has 0 aliphatic heterocycles. The second-order valence-electron chi connectivity index (χ2n) is 4.34. The number of para-hydroxylation sites is 1. The van der Waals surface area contributed by atoms with Gasteiger partial charge in [-0.3, -0.25) is 0 Å². The van der Waals surface area contributed by atoms with Gasteiger partial charge in [-0.2, -0.15) is 0 Å². The molecular weight excluding hydrogens is 302 g/mol. The number of rotatable bonds is 5. The summed E-state index contributed by atoms with van der Waals surface area (Å²) in [7, 11) is 1.71. The van der Waals surface area contributed by atoms with Crippen LogP contribution < -0.4 is 10.1 Å². The van der Waals surface area contributed by atoms with E-state index in [0.717, 1.165) is 18.8 Å². The Kier molecular flexibility index (Phi) is 6.60. The number of hydrogen-bond acceptors (Lipinski definition) is 2. The van der Waals surface area contributed by atoms with Crippen LogP contribution in [0.1, 0.15) is 16.7 Å². The van der Waals surface area contributed by atoms with Crippen LogP contribution in [0.15, 0.2) is 48.5 Å². The van der Waals surface area contributed by atoms with Crippen LogP contribution in [0.25, 0.3) is 0 Å². The lowest BCUT2D eigenvalue weighted by Gasteiger charge is -2.10. The topological polar surface area (TPSA) is 21.3 Å². The first-order valence-electron chi connectivity index (χ1n) is 6.18. The van der Waals surface area contributed by atoms with E-state index < -0.39 is 0 Å². The number of halogens is 1. The van der Waals surface area contributed by atoms with Crippen molar-refractivity contribution >= 4 is 17.0 Å². The number of benzene rings is 2. The van der Waals surface area contributed by atoms with Crippen LogP contribution in [0.5, 0.6) is 5.75 Å². The van der Waals surface area contributed by atoms with Crippen LogP contribution >= 0.6 is 17.0 Å². The van der Waals surface area contributed by atoms with Crippen molar-refractivity contribution in [3.8, 4) is 5.75 Å². The van der Waals surface area contributed by atoms with Crippen LogP contribution in [0, 0.1) is 6.92 Å². The number of hydrogen-bond donors (Lipinski definition) is 1. The molecule has 0 fully saturated rings. The lowest BCUT2D eigenvalue weighted by Crippen LogP contribution is -2.14. The van der Waals surface area contributed by atoms with Crippen molar-refractivity contribution < 1.29 is 4.74 Å². The van der Waals surface area contributed by atoms with Crippen LogP contribution in [0.4, 0.5) is 0 Å². The summed E-state index contributed by atoms with van der Waals surface area (Å²) >= 11 is 0. The Bertz CT molecular complexity index is 514.